The fraction of sp³-hybridized carbons (Fsp3) is 0.550. The van der Waals surface area contributed by atoms with Crippen LogP contribution in [0.3, 0.4) is 0 Å². The van der Waals surface area contributed by atoms with Gasteiger partial charge in [0, 0.05) is 18.4 Å². The van der Waals surface area contributed by atoms with Gasteiger partial charge in [-0.1, -0.05) is 18.2 Å². The standard InChI is InChI=1S/C20H29NO5/c1-19(2,3)26-17(23)12-13-20(4,5)21-16(22)11-10-14-8-6-7-9-15(14)18(24)25/h6-9H,10-13H2,1-5H3,(H,21,22)(H,24,25). The summed E-state index contributed by atoms with van der Waals surface area (Å²) in [6, 6.07) is 6.65. The maximum atomic E-state index is 12.2. The minimum Gasteiger partial charge on any atom is -0.478 e. The van der Waals surface area contributed by atoms with Crippen LogP contribution in [0.15, 0.2) is 24.3 Å². The Morgan fingerprint density at radius 3 is 2.23 bits per heavy atom. The number of carbonyl (C=O) groups is 3. The molecule has 144 valence electrons. The number of carboxylic acid groups (broad SMARTS) is 1. The van der Waals surface area contributed by atoms with Crippen molar-refractivity contribution in [1.82, 2.24) is 5.32 Å². The van der Waals surface area contributed by atoms with Crippen LogP contribution in [0.1, 0.15) is 69.8 Å². The second kappa shape index (κ2) is 8.83. The van der Waals surface area contributed by atoms with E-state index in [2.05, 4.69) is 5.32 Å². The number of hydrogen-bond acceptors (Lipinski definition) is 4. The second-order valence-corrected chi connectivity index (χ2v) is 7.98. The molecular weight excluding hydrogens is 334 g/mol. The van der Waals surface area contributed by atoms with E-state index in [1.807, 2.05) is 34.6 Å². The molecule has 0 bridgehead atoms. The Balaban J connectivity index is 2.51. The molecule has 0 aromatic heterocycles. The number of aryl methyl sites for hydroxylation is 1. The number of hydrogen-bond donors (Lipinski definition) is 2. The van der Waals surface area contributed by atoms with Crippen molar-refractivity contribution >= 4 is 17.8 Å². The van der Waals surface area contributed by atoms with Crippen molar-refractivity contribution in [2.75, 3.05) is 0 Å². The first-order chi connectivity index (χ1) is 11.9. The third kappa shape index (κ3) is 8.14. The monoisotopic (exact) mass is 363 g/mol. The summed E-state index contributed by atoms with van der Waals surface area (Å²) < 4.78 is 5.27. The van der Waals surface area contributed by atoms with Gasteiger partial charge in [0.2, 0.25) is 5.91 Å². The lowest BCUT2D eigenvalue weighted by Crippen LogP contribution is -2.44. The van der Waals surface area contributed by atoms with Crippen LogP contribution in [0.2, 0.25) is 0 Å². The molecule has 0 atom stereocenters. The SMILES string of the molecule is CC(C)(CCC(=O)OC(C)(C)C)NC(=O)CCc1ccccc1C(=O)O. The van der Waals surface area contributed by atoms with Gasteiger partial charge >= 0.3 is 11.9 Å². The van der Waals surface area contributed by atoms with E-state index in [0.717, 1.165) is 0 Å². The predicted octanol–water partition coefficient (Wildman–Crippen LogP) is 3.33. The first-order valence-corrected chi connectivity index (χ1v) is 8.74. The highest BCUT2D eigenvalue weighted by Crippen LogP contribution is 2.16. The number of nitrogens with one attached hydrogen (secondary N) is 1. The number of aromatic carboxylic acids is 1. The highest BCUT2D eigenvalue weighted by Gasteiger charge is 2.24. The smallest absolute Gasteiger partial charge is 0.335 e. The van der Waals surface area contributed by atoms with Crippen molar-refractivity contribution in [2.45, 2.75) is 71.4 Å². The Morgan fingerprint density at radius 2 is 1.65 bits per heavy atom. The first-order valence-electron chi connectivity index (χ1n) is 8.74. The number of benzene rings is 1. The lowest BCUT2D eigenvalue weighted by atomic mass is 9.97. The summed E-state index contributed by atoms with van der Waals surface area (Å²) in [4.78, 5) is 35.2. The zero-order valence-electron chi connectivity index (χ0n) is 16.2. The summed E-state index contributed by atoms with van der Waals surface area (Å²) in [5.41, 5.74) is -0.242. The molecule has 1 aromatic rings. The normalized spacial score (nSPS) is 11.7. The molecule has 0 saturated carbocycles. The van der Waals surface area contributed by atoms with Crippen LogP contribution in [-0.4, -0.2) is 34.1 Å². The molecule has 0 heterocycles. The third-order valence-corrected chi connectivity index (χ3v) is 3.72. The molecule has 1 amide bonds. The molecule has 6 heteroatoms. The first kappa shape index (κ1) is 21.7. The average molecular weight is 363 g/mol. The summed E-state index contributed by atoms with van der Waals surface area (Å²) in [6.45, 7) is 9.13. The van der Waals surface area contributed by atoms with E-state index in [1.165, 1.54) is 6.07 Å². The Bertz CT molecular complexity index is 658. The molecule has 26 heavy (non-hydrogen) atoms. The van der Waals surface area contributed by atoms with Gasteiger partial charge in [0.25, 0.3) is 0 Å². The van der Waals surface area contributed by atoms with Crippen LogP contribution in [0, 0.1) is 0 Å². The fourth-order valence-corrected chi connectivity index (χ4v) is 2.50. The Hall–Kier alpha value is -2.37. The summed E-state index contributed by atoms with van der Waals surface area (Å²) in [5.74, 6) is -1.48. The molecule has 0 aliphatic carbocycles. The van der Waals surface area contributed by atoms with E-state index >= 15 is 0 Å². The second-order valence-electron chi connectivity index (χ2n) is 7.98. The quantitative estimate of drug-likeness (QED) is 0.691. The molecule has 1 rings (SSSR count). The topological polar surface area (TPSA) is 92.7 Å². The lowest BCUT2D eigenvalue weighted by molar-refractivity contribution is -0.155. The molecule has 0 saturated heterocycles. The van der Waals surface area contributed by atoms with E-state index in [0.29, 0.717) is 18.4 Å². The summed E-state index contributed by atoms with van der Waals surface area (Å²) in [7, 11) is 0. The minimum absolute atomic E-state index is 0.181. The molecule has 0 spiro atoms. The number of carboxylic acids is 1. The van der Waals surface area contributed by atoms with Gasteiger partial charge in [0.1, 0.15) is 5.60 Å². The number of rotatable bonds is 8. The van der Waals surface area contributed by atoms with Crippen molar-refractivity contribution in [3.05, 3.63) is 35.4 Å². The molecule has 0 fully saturated rings. The zero-order chi connectivity index (χ0) is 20.0. The largest absolute Gasteiger partial charge is 0.478 e. The molecule has 2 N–H and O–H groups in total. The van der Waals surface area contributed by atoms with Gasteiger partial charge in [-0.2, -0.15) is 0 Å². The molecule has 0 unspecified atom stereocenters. The average Bonchev–Trinajstić information content (AvgIpc) is 2.49. The molecule has 0 aliphatic rings. The van der Waals surface area contributed by atoms with E-state index in [4.69, 9.17) is 4.74 Å². The van der Waals surface area contributed by atoms with E-state index in [9.17, 15) is 19.5 Å². The van der Waals surface area contributed by atoms with Gasteiger partial charge in [0.05, 0.1) is 5.56 Å². The van der Waals surface area contributed by atoms with Gasteiger partial charge in [-0.05, 0) is 59.1 Å². The summed E-state index contributed by atoms with van der Waals surface area (Å²) in [5, 5.41) is 12.1. The number of esters is 1. The molecule has 0 radical (unpaired) electrons. The summed E-state index contributed by atoms with van der Waals surface area (Å²) >= 11 is 0. The zero-order valence-corrected chi connectivity index (χ0v) is 16.2. The van der Waals surface area contributed by atoms with Crippen LogP contribution in [0.25, 0.3) is 0 Å². The van der Waals surface area contributed by atoms with Gasteiger partial charge in [-0.3, -0.25) is 9.59 Å². The molecule has 0 aliphatic heterocycles. The van der Waals surface area contributed by atoms with Crippen LogP contribution >= 0.6 is 0 Å². The number of amides is 1. The molecule has 6 nitrogen and oxygen atoms in total. The van der Waals surface area contributed by atoms with Gasteiger partial charge in [-0.15, -0.1) is 0 Å². The maximum Gasteiger partial charge on any atom is 0.335 e. The van der Waals surface area contributed by atoms with Crippen LogP contribution in [0.4, 0.5) is 0 Å². The van der Waals surface area contributed by atoms with Crippen molar-refractivity contribution in [1.29, 1.82) is 0 Å². The Morgan fingerprint density at radius 1 is 1.04 bits per heavy atom. The predicted molar refractivity (Wildman–Crippen MR) is 99.0 cm³/mol. The van der Waals surface area contributed by atoms with Gasteiger partial charge in [-0.25, -0.2) is 4.79 Å². The van der Waals surface area contributed by atoms with Crippen molar-refractivity contribution in [3.63, 3.8) is 0 Å². The lowest BCUT2D eigenvalue weighted by Gasteiger charge is -2.27. The van der Waals surface area contributed by atoms with Gasteiger partial charge < -0.3 is 15.2 Å². The minimum atomic E-state index is -1.00. The van der Waals surface area contributed by atoms with Gasteiger partial charge in [0.15, 0.2) is 0 Å². The highest BCUT2D eigenvalue weighted by atomic mass is 16.6. The summed E-state index contributed by atoms with van der Waals surface area (Å²) in [6.07, 6.45) is 1.20. The number of ether oxygens (including phenoxy) is 1. The highest BCUT2D eigenvalue weighted by molar-refractivity contribution is 5.89. The van der Waals surface area contributed by atoms with Crippen molar-refractivity contribution in [3.8, 4) is 0 Å². The van der Waals surface area contributed by atoms with Crippen molar-refractivity contribution < 1.29 is 24.2 Å². The third-order valence-electron chi connectivity index (χ3n) is 3.72. The fourth-order valence-electron chi connectivity index (χ4n) is 2.50. The van der Waals surface area contributed by atoms with E-state index in [1.54, 1.807) is 18.2 Å². The maximum absolute atomic E-state index is 12.2. The number of carbonyl (C=O) groups excluding carboxylic acids is 2. The van der Waals surface area contributed by atoms with Crippen LogP contribution in [-0.2, 0) is 20.7 Å². The van der Waals surface area contributed by atoms with Crippen LogP contribution in [0.5, 0.6) is 0 Å². The van der Waals surface area contributed by atoms with Crippen LogP contribution < -0.4 is 5.32 Å². The Kier molecular flexibility index (Phi) is 7.36. The molecular formula is C20H29NO5. The Labute approximate surface area is 154 Å². The molecule has 1 aromatic carbocycles. The van der Waals surface area contributed by atoms with E-state index < -0.39 is 17.1 Å². The van der Waals surface area contributed by atoms with Crippen molar-refractivity contribution in [2.24, 2.45) is 0 Å². The van der Waals surface area contributed by atoms with E-state index in [-0.39, 0.29) is 30.3 Å².